The highest BCUT2D eigenvalue weighted by Gasteiger charge is -0.0666. The maximum absolute atomic E-state index is 5.75. The third-order valence-electron chi connectivity index (χ3n) is 0. The van der Waals surface area contributed by atoms with E-state index in [0.717, 1.165) is 0 Å². The zero-order chi connectivity index (χ0) is 112. The monoisotopic (exact) mass is 595 g/mol. The number of rotatable bonds is 0. The fourth-order valence-electron chi connectivity index (χ4n) is 0. The summed E-state index contributed by atoms with van der Waals surface area (Å²) in [5, 5.41) is 0. The molecule has 0 spiro atoms. The maximum Gasteiger partial charge on any atom is 0.0194 e. The van der Waals surface area contributed by atoms with E-state index in [1.54, 1.807) is 0 Å². The van der Waals surface area contributed by atoms with Crippen molar-refractivity contribution in [1.82, 2.24) is 0 Å². The first kappa shape index (κ1) is 0.463. The SMILES string of the molecule is C.C.C.C.C.C.[3HH].[3HH].[3HH].[3HH].[3HH].[3HH].[3HH].[3HH].[3HH].[3HH].[3HH].[3HH].[3HH].[3HH].[3HH].[3HH].[3HH].[3HH].[3HH].[3HH].[3HH].[3HH].[3H]C.[3H]C.[3H]C.[3H]C.[3H]C.[3H]C.[3H][3H].[3H][3H].[3H][3H].[3H][3H].[3H][3H].[3H][3H].[3H][3H].[3H][3H].[3H][3H].[3H][3H].[3H][3H].[3H][3H].[3H][3H].[3H][3H].[3H][3H].[3H][3H].[3H][3H].[3H][3H].[3H][3H].[3H][3H].[3H][3H].[3H][3H].[3H][3H].[3H][3H].[3H][3H].[3H][3H].[3H][3H].[3H][3H].[3H][3H].[3H][3H].[3H][3H].[3H][3H].[3H][3H].[3H][3H].[3H][3H].[3H][3H].[3H][3H].[3H][3H].[3H][3H].[3H][3H].[3H][3H].[3H][3H].[3H][3H].[3H][3H].[3H][3H].[3H][3H].[3H][3H].[3H][3H].[3H][3H].[3H][3H]. The van der Waals surface area contributed by atoms with E-state index in [1.165, 1.54) is 44.4 Å². The van der Waals surface area contributed by atoms with Crippen LogP contribution < -0.4 is 0 Å². The molecule has 0 heteroatoms. The molecule has 0 N–H and O–H groups in total. The van der Waals surface area contributed by atoms with Gasteiger partial charge in [0.15, 0.2) is 0 Å². The van der Waals surface area contributed by atoms with Crippen LogP contribution in [0.1, 0.15) is 277 Å². The first-order valence-electron chi connectivity index (χ1n) is 56.0. The average molecular weight is 595 g/mol. The van der Waals surface area contributed by atoms with Crippen LogP contribution in [0.25, 0.3) is 0 Å². The smallest absolute Gasteiger partial charge is 0.0194 e. The van der Waals surface area contributed by atoms with Crippen molar-refractivity contribution in [2.75, 3.05) is 0 Å². The lowest BCUT2D eigenvalue weighted by Crippen LogP contribution is 0.143. The molecule has 0 heterocycles. The van der Waals surface area contributed by atoms with Crippen molar-refractivity contribution in [1.29, 1.82) is 0 Å². The molecule has 0 aromatic rings. The van der Waals surface area contributed by atoms with E-state index >= 15 is 0 Å². The van der Waals surface area contributed by atoms with E-state index in [-0.39, 0.29) is 75.9 Å². The summed E-state index contributed by atoms with van der Waals surface area (Å²) in [5.41, 5.74) is 0. The van der Waals surface area contributed by atoms with Gasteiger partial charge in [-0.3, -0.25) is 0 Å². The minimum Gasteiger partial charge on any atom is -0.0776 e. The lowest BCUT2D eigenvalue weighted by molar-refractivity contribution is 2.50. The van der Waals surface area contributed by atoms with Crippen LogP contribution in [0.15, 0.2) is 0 Å². The van der Waals surface area contributed by atoms with Crippen molar-refractivity contribution in [3.8, 4) is 0 Å². The first-order valence-corrected chi connectivity index (χ1v) is 0. The molecule has 0 nitrogen and oxygen atoms in total. The fourth-order valence-corrected chi connectivity index (χ4v) is 0. The van der Waals surface area contributed by atoms with Gasteiger partial charge in [0.05, 0.1) is 0 Å². The Bertz CT molecular complexity index is 59.1. The third-order valence-corrected chi connectivity index (χ3v) is 0. The molecule has 0 atom stereocenters. The summed E-state index contributed by atoms with van der Waals surface area (Å²) in [4.78, 5) is 0. The van der Waals surface area contributed by atoms with Gasteiger partial charge < -0.3 is 0 Å². The van der Waals surface area contributed by atoms with Crippen molar-refractivity contribution in [3.63, 3.8) is 0 Å². The predicted octanol–water partition coefficient (Wildman–Crippen LogP) is 25.3. The Hall–Kier alpha value is 0. The lowest BCUT2D eigenvalue weighted by atomic mass is 12.0. The third kappa shape index (κ3) is 0. The highest BCUT2D eigenvalue weighted by Crippen LogP contribution is 0.155. The number of hydrogen-bond donors (Lipinski definition) is 0. The zero-order valence-electron chi connectivity index (χ0n) is 112. The highest BCUT2D eigenvalue weighted by molar-refractivity contribution is 2.51. The summed E-state index contributed by atoms with van der Waals surface area (Å²) < 4.78 is 534. The Balaban J connectivity index is -0.00000000277. The second kappa shape index (κ2) is 0. The standard InChI is InChI=1S/12CH4.72H2/h12*1H4;72*1H/i6*1T;;;;;;;50*1+2T;22*1+2. The Morgan fingerprint density at radius 1 is 0.417 bits per heavy atom. The molecule has 0 aromatic carbocycles. The highest BCUT2D eigenvalue weighted by atomic mass is 12.0. The second-order valence-corrected chi connectivity index (χ2v) is 0. The van der Waals surface area contributed by atoms with Gasteiger partial charge >= 0.3 is 0 Å². The molecule has 0 amide bonds. The predicted molar refractivity (Wildman–Crippen MR) is 233 cm³/mol. The Labute approximate surface area is 285 Å². The normalized spacial score (nSPS) is 36.8. The molecule has 0 aliphatic carbocycles. The molecule has 0 bridgehead atoms. The summed E-state index contributed by atoms with van der Waals surface area (Å²) in [6, 6.07) is 0. The van der Waals surface area contributed by atoms with E-state index in [4.69, 9.17) is 157 Å². The molecule has 12 heavy (non-hydrogen) atoms. The molecular formula is C12H192. The topological polar surface area (TPSA) is 0 Å². The maximum atomic E-state index is 5.75. The largest absolute Gasteiger partial charge is 0.0776 e. The molecule has 0 aromatic heterocycles. The van der Waals surface area contributed by atoms with E-state index in [0.29, 0.717) is 0 Å². The second-order valence-electron chi connectivity index (χ2n) is 0. The van der Waals surface area contributed by atoms with Crippen molar-refractivity contribution in [2.24, 2.45) is 0 Å². The van der Waals surface area contributed by atoms with Crippen LogP contribution in [0.2, 0.25) is 0 Å². The summed E-state index contributed by atoms with van der Waals surface area (Å²) >= 11 is 0. The molecular weight excluding hydrogens is 144 g/mol. The minimum atomic E-state index is 0. The molecule has 0 saturated heterocycles. The fraction of sp³-hybridized carbons (Fsp3) is 1.00. The van der Waals surface area contributed by atoms with Gasteiger partial charge in [0.1, 0.15) is 0 Å². The van der Waals surface area contributed by atoms with E-state index < -0.39 is 0 Å². The molecule has 0 unspecified atom stereocenters. The summed E-state index contributed by atoms with van der Waals surface area (Å²) in [6.07, 6.45) is 0. The zero-order valence-corrected chi connectivity index (χ0v) is 6.00. The van der Waals surface area contributed by atoms with Gasteiger partial charge in [-0.1, -0.05) is 89.0 Å². The van der Waals surface area contributed by atoms with Crippen LogP contribution in [0.5, 0.6) is 0 Å². The molecule has 0 radical (unpaired) electrons. The van der Waals surface area contributed by atoms with Crippen molar-refractivity contribution >= 4 is 0 Å². The van der Waals surface area contributed by atoms with Gasteiger partial charge in [-0.05, 0) is 0 Å². The molecule has 0 saturated carbocycles. The molecule has 0 aliphatic heterocycles. The van der Waals surface area contributed by atoms with E-state index in [2.05, 4.69) is 0 Å². The van der Waals surface area contributed by atoms with Crippen LogP contribution in [-0.4, -0.2) is 0 Å². The van der Waals surface area contributed by atoms with Crippen LogP contribution in [0.3, 0.4) is 0 Å². The van der Waals surface area contributed by atoms with Gasteiger partial charge in [0.2, 0.25) is 0 Å². The van der Waals surface area contributed by atoms with Gasteiger partial charge in [-0.15, -0.1) is 0 Å². The summed E-state index contributed by atoms with van der Waals surface area (Å²) in [7, 11) is 7.50. The lowest BCUT2D eigenvalue weighted by Gasteiger charge is -0.0786. The minimum absolute atomic E-state index is 0. The van der Waals surface area contributed by atoms with Gasteiger partial charge in [-0.25, -0.2) is 0 Å². The average Bonchev–Trinajstić information content (AvgIpc) is 3.95. The molecule has 0 fully saturated rings. The quantitative estimate of drug-likeness (QED) is 0.262. The Kier molecular flexibility index (Phi) is 0. The van der Waals surface area contributed by atoms with Gasteiger partial charge in [-0.2, -0.15) is 0 Å². The van der Waals surface area contributed by atoms with Crippen LogP contribution >= 0.6 is 0 Å². The van der Waals surface area contributed by atoms with E-state index in [9.17, 15) is 0 Å². The van der Waals surface area contributed by atoms with Gasteiger partial charge in [0.25, 0.3) is 0 Å². The van der Waals surface area contributed by atoms with Crippen molar-refractivity contribution in [3.05, 3.63) is 0 Å². The summed E-state index contributed by atoms with van der Waals surface area (Å²) in [5.74, 6) is 0. The first-order chi connectivity index (χ1) is 56.0. The Morgan fingerprint density at radius 3 is 0.417 bits per heavy atom. The Morgan fingerprint density at radius 2 is 0.417 bits per heavy atom. The molecule has 0 aliphatic rings. The van der Waals surface area contributed by atoms with Crippen LogP contribution in [-0.2, 0) is 0 Å². The van der Waals surface area contributed by atoms with Gasteiger partial charge in [0, 0.05) is 188 Å². The molecule has 240 valence electrons. The van der Waals surface area contributed by atoms with Crippen molar-refractivity contribution < 1.29 is 188 Å². The van der Waals surface area contributed by atoms with Crippen molar-refractivity contribution in [2.45, 2.75) is 89.0 Å². The van der Waals surface area contributed by atoms with Crippen LogP contribution in [0.4, 0.5) is 0 Å². The van der Waals surface area contributed by atoms with E-state index in [1.807, 2.05) is 0 Å². The summed E-state index contributed by atoms with van der Waals surface area (Å²) in [6.45, 7) is 0. The van der Waals surface area contributed by atoms with Crippen LogP contribution in [0, 0.1) is 0 Å². The molecule has 0 rings (SSSR count). The number of hydrogen-bond acceptors (Lipinski definition) is 0.